The van der Waals surface area contributed by atoms with Crippen molar-refractivity contribution < 1.29 is 13.2 Å². The Morgan fingerprint density at radius 1 is 1.30 bits per heavy atom. The molecule has 1 aliphatic rings. The normalized spacial score (nSPS) is 17.8. The van der Waals surface area contributed by atoms with Crippen LogP contribution in [0.25, 0.3) is 0 Å². The van der Waals surface area contributed by atoms with Gasteiger partial charge in [0.15, 0.2) is 10.9 Å². The Balaban J connectivity index is 1.73. The molecule has 0 bridgehead atoms. The molecule has 0 spiro atoms. The van der Waals surface area contributed by atoms with Crippen LogP contribution in [0.5, 0.6) is 0 Å². The summed E-state index contributed by atoms with van der Waals surface area (Å²) in [5, 5.41) is 3.60. The minimum Gasteiger partial charge on any atom is -0.321 e. The summed E-state index contributed by atoms with van der Waals surface area (Å²) < 4.78 is 27.3. The molecule has 3 rings (SSSR count). The van der Waals surface area contributed by atoms with Gasteiger partial charge in [-0.15, -0.1) is 0 Å². The van der Waals surface area contributed by atoms with Crippen molar-refractivity contribution in [1.29, 1.82) is 0 Å². The Morgan fingerprint density at radius 2 is 2.00 bits per heavy atom. The SMILES string of the molecule is CC(C)Sc1ncc(Cl)c(C(=O)Nc2ccc(S(=O)(=O)N3CCC[C@H](C)C3)cc2)n1. The van der Waals surface area contributed by atoms with Crippen LogP contribution in [0.15, 0.2) is 40.5 Å². The molecule has 0 saturated carbocycles. The number of anilines is 1. The van der Waals surface area contributed by atoms with E-state index in [2.05, 4.69) is 22.2 Å². The van der Waals surface area contributed by atoms with Crippen LogP contribution in [-0.2, 0) is 10.0 Å². The van der Waals surface area contributed by atoms with Crippen LogP contribution >= 0.6 is 23.4 Å². The van der Waals surface area contributed by atoms with Gasteiger partial charge in [0.2, 0.25) is 10.0 Å². The highest BCUT2D eigenvalue weighted by Crippen LogP contribution is 2.25. The molecular formula is C20H25ClN4O3S2. The van der Waals surface area contributed by atoms with Gasteiger partial charge in [0.25, 0.3) is 5.91 Å². The Labute approximate surface area is 186 Å². The number of carbonyl (C=O) groups is 1. The van der Waals surface area contributed by atoms with Crippen LogP contribution in [0, 0.1) is 5.92 Å². The Bertz CT molecular complexity index is 1010. The average Bonchev–Trinajstić information content (AvgIpc) is 2.69. The molecule has 30 heavy (non-hydrogen) atoms. The van der Waals surface area contributed by atoms with Gasteiger partial charge in [0.05, 0.1) is 16.1 Å². The van der Waals surface area contributed by atoms with Crippen molar-refractivity contribution in [3.8, 4) is 0 Å². The van der Waals surface area contributed by atoms with Gasteiger partial charge >= 0.3 is 0 Å². The molecular weight excluding hydrogens is 444 g/mol. The molecule has 0 radical (unpaired) electrons. The topological polar surface area (TPSA) is 92.3 Å². The Morgan fingerprint density at radius 3 is 2.63 bits per heavy atom. The molecule has 1 atom stereocenters. The molecule has 1 aromatic heterocycles. The number of thioether (sulfide) groups is 1. The molecule has 1 amide bonds. The third-order valence-corrected chi connectivity index (χ3v) is 7.68. The number of halogens is 1. The highest BCUT2D eigenvalue weighted by Gasteiger charge is 2.28. The Hall–Kier alpha value is -1.68. The van der Waals surface area contributed by atoms with E-state index in [1.165, 1.54) is 34.4 Å². The van der Waals surface area contributed by atoms with Crippen LogP contribution in [-0.4, -0.2) is 46.9 Å². The number of nitrogens with zero attached hydrogens (tertiary/aromatic N) is 3. The molecule has 10 heteroatoms. The summed E-state index contributed by atoms with van der Waals surface area (Å²) in [5.74, 6) is -0.128. The second-order valence-corrected chi connectivity index (χ2v) is 11.5. The predicted molar refractivity (Wildman–Crippen MR) is 120 cm³/mol. The van der Waals surface area contributed by atoms with E-state index in [9.17, 15) is 13.2 Å². The highest BCUT2D eigenvalue weighted by atomic mass is 35.5. The minimum atomic E-state index is -3.54. The van der Waals surface area contributed by atoms with E-state index in [0.29, 0.717) is 29.9 Å². The summed E-state index contributed by atoms with van der Waals surface area (Å²) in [6.45, 7) is 7.13. The van der Waals surface area contributed by atoms with Gasteiger partial charge in [0, 0.05) is 24.0 Å². The van der Waals surface area contributed by atoms with Crippen molar-refractivity contribution in [2.24, 2.45) is 5.92 Å². The summed E-state index contributed by atoms with van der Waals surface area (Å²) in [4.78, 5) is 21.2. The average molecular weight is 469 g/mol. The van der Waals surface area contributed by atoms with Gasteiger partial charge in [0.1, 0.15) is 0 Å². The molecule has 162 valence electrons. The summed E-state index contributed by atoms with van der Waals surface area (Å²) in [7, 11) is -3.54. The second-order valence-electron chi connectivity index (χ2n) is 7.60. The van der Waals surface area contributed by atoms with Crippen molar-refractivity contribution in [2.45, 2.75) is 48.9 Å². The van der Waals surface area contributed by atoms with E-state index >= 15 is 0 Å². The number of benzene rings is 1. The molecule has 1 fully saturated rings. The number of nitrogens with one attached hydrogen (secondary N) is 1. The summed E-state index contributed by atoms with van der Waals surface area (Å²) in [5.41, 5.74) is 0.535. The zero-order valence-electron chi connectivity index (χ0n) is 17.1. The largest absolute Gasteiger partial charge is 0.321 e. The van der Waals surface area contributed by atoms with E-state index in [1.807, 2.05) is 13.8 Å². The monoisotopic (exact) mass is 468 g/mol. The van der Waals surface area contributed by atoms with Crippen LogP contribution < -0.4 is 5.32 Å². The lowest BCUT2D eigenvalue weighted by Crippen LogP contribution is -2.39. The number of carbonyl (C=O) groups excluding carboxylic acids is 1. The van der Waals surface area contributed by atoms with Crippen molar-refractivity contribution >= 4 is 45.0 Å². The van der Waals surface area contributed by atoms with Crippen molar-refractivity contribution in [2.75, 3.05) is 18.4 Å². The number of aromatic nitrogens is 2. The number of hydrogen-bond donors (Lipinski definition) is 1. The van der Waals surface area contributed by atoms with Gasteiger partial charge in [-0.1, -0.05) is 44.1 Å². The van der Waals surface area contributed by atoms with Crippen molar-refractivity contribution in [3.63, 3.8) is 0 Å². The first kappa shape index (κ1) is 23.0. The van der Waals surface area contributed by atoms with E-state index in [4.69, 9.17) is 11.6 Å². The molecule has 0 aliphatic carbocycles. The summed E-state index contributed by atoms with van der Waals surface area (Å²) in [6, 6.07) is 6.14. The maximum absolute atomic E-state index is 12.9. The molecule has 7 nitrogen and oxygen atoms in total. The highest BCUT2D eigenvalue weighted by molar-refractivity contribution is 7.99. The third kappa shape index (κ3) is 5.51. The fourth-order valence-electron chi connectivity index (χ4n) is 3.19. The molecule has 1 N–H and O–H groups in total. The smallest absolute Gasteiger partial charge is 0.275 e. The van der Waals surface area contributed by atoms with Crippen LogP contribution in [0.2, 0.25) is 5.02 Å². The van der Waals surface area contributed by atoms with E-state index in [-0.39, 0.29) is 20.9 Å². The first-order chi connectivity index (χ1) is 14.2. The first-order valence-corrected chi connectivity index (χ1v) is 12.5. The van der Waals surface area contributed by atoms with E-state index in [1.54, 1.807) is 12.1 Å². The standard InChI is InChI=1S/C20H25ClN4O3S2/c1-13(2)29-20-22-11-17(21)18(24-20)19(26)23-15-6-8-16(9-7-15)30(27,28)25-10-4-5-14(3)12-25/h6-9,11,13-14H,4-5,10,12H2,1-3H3,(H,23,26)/t14-/m0/s1. The summed E-state index contributed by atoms with van der Waals surface area (Å²) >= 11 is 7.53. The number of piperidine rings is 1. The molecule has 2 aromatic rings. The first-order valence-electron chi connectivity index (χ1n) is 9.77. The zero-order valence-corrected chi connectivity index (χ0v) is 19.5. The number of sulfonamides is 1. The zero-order chi connectivity index (χ0) is 21.9. The van der Waals surface area contributed by atoms with Crippen LogP contribution in [0.1, 0.15) is 44.1 Å². The third-order valence-electron chi connectivity index (χ3n) is 4.65. The maximum atomic E-state index is 12.9. The lowest BCUT2D eigenvalue weighted by Gasteiger charge is -2.30. The molecule has 2 heterocycles. The Kier molecular flexibility index (Phi) is 7.38. The summed E-state index contributed by atoms with van der Waals surface area (Å²) in [6.07, 6.45) is 3.31. The van der Waals surface area contributed by atoms with Gasteiger partial charge < -0.3 is 5.32 Å². The number of hydrogen-bond acceptors (Lipinski definition) is 6. The van der Waals surface area contributed by atoms with Gasteiger partial charge in [-0.3, -0.25) is 4.79 Å². The van der Waals surface area contributed by atoms with Gasteiger partial charge in [-0.05, 0) is 43.0 Å². The lowest BCUT2D eigenvalue weighted by molar-refractivity contribution is 0.102. The van der Waals surface area contributed by atoms with Gasteiger partial charge in [-0.2, -0.15) is 4.31 Å². The fraction of sp³-hybridized carbons (Fsp3) is 0.450. The van der Waals surface area contributed by atoms with Crippen molar-refractivity contribution in [1.82, 2.24) is 14.3 Å². The predicted octanol–water partition coefficient (Wildman–Crippen LogP) is 4.30. The number of rotatable bonds is 6. The van der Waals surface area contributed by atoms with E-state index < -0.39 is 15.9 Å². The number of amides is 1. The fourth-order valence-corrected chi connectivity index (χ4v) is 5.65. The quantitative estimate of drug-likeness (QED) is 0.501. The molecule has 1 aliphatic heterocycles. The molecule has 0 unspecified atom stereocenters. The molecule has 1 aromatic carbocycles. The van der Waals surface area contributed by atoms with Crippen LogP contribution in [0.3, 0.4) is 0 Å². The van der Waals surface area contributed by atoms with E-state index in [0.717, 1.165) is 12.8 Å². The maximum Gasteiger partial charge on any atom is 0.275 e. The second kappa shape index (κ2) is 9.64. The van der Waals surface area contributed by atoms with Gasteiger partial charge in [-0.25, -0.2) is 18.4 Å². The lowest BCUT2D eigenvalue weighted by atomic mass is 10.0. The minimum absolute atomic E-state index is 0.0776. The van der Waals surface area contributed by atoms with Crippen molar-refractivity contribution in [3.05, 3.63) is 41.2 Å². The molecule has 1 saturated heterocycles. The van der Waals surface area contributed by atoms with Crippen LogP contribution in [0.4, 0.5) is 5.69 Å².